The molecule has 0 spiro atoms. The van der Waals surface area contributed by atoms with Crippen LogP contribution in [0.5, 0.6) is 0 Å². The van der Waals surface area contributed by atoms with E-state index in [1.807, 2.05) is 18.4 Å². The summed E-state index contributed by atoms with van der Waals surface area (Å²) in [5.74, 6) is 0.507. The lowest BCUT2D eigenvalue weighted by Crippen LogP contribution is -2.05. The minimum atomic E-state index is -4.40. The fraction of sp³-hybridized carbons (Fsp3) is 0.250. The molecule has 0 radical (unpaired) electrons. The zero-order valence-electron chi connectivity index (χ0n) is 12.4. The lowest BCUT2D eigenvalue weighted by molar-refractivity contribution is -0.137. The third-order valence-electron chi connectivity index (χ3n) is 3.53. The summed E-state index contributed by atoms with van der Waals surface area (Å²) in [6, 6.07) is 7.04. The molecule has 0 aliphatic rings. The van der Waals surface area contributed by atoms with E-state index in [-0.39, 0.29) is 16.7 Å². The minimum Gasteiger partial charge on any atom is -0.321 e. The Morgan fingerprint density at radius 3 is 2.52 bits per heavy atom. The van der Waals surface area contributed by atoms with Gasteiger partial charge >= 0.3 is 6.18 Å². The van der Waals surface area contributed by atoms with Crippen LogP contribution in [0, 0.1) is 0 Å². The van der Waals surface area contributed by atoms with Gasteiger partial charge in [-0.05, 0) is 44.2 Å². The highest BCUT2D eigenvalue weighted by molar-refractivity contribution is 6.32. The van der Waals surface area contributed by atoms with Crippen molar-refractivity contribution in [3.63, 3.8) is 0 Å². The van der Waals surface area contributed by atoms with Crippen molar-refractivity contribution < 1.29 is 13.2 Å². The molecule has 0 saturated carbocycles. The van der Waals surface area contributed by atoms with Gasteiger partial charge in [0.1, 0.15) is 11.0 Å². The van der Waals surface area contributed by atoms with E-state index in [2.05, 4.69) is 9.97 Å². The molecular formula is C16H13ClF3N3. The number of hydrogen-bond acceptors (Lipinski definition) is 2. The van der Waals surface area contributed by atoms with Gasteiger partial charge in [-0.2, -0.15) is 13.2 Å². The van der Waals surface area contributed by atoms with E-state index in [0.717, 1.165) is 12.1 Å². The van der Waals surface area contributed by atoms with Gasteiger partial charge < -0.3 is 4.57 Å². The molecule has 23 heavy (non-hydrogen) atoms. The summed E-state index contributed by atoms with van der Waals surface area (Å²) >= 11 is 6.12. The molecule has 2 heterocycles. The van der Waals surface area contributed by atoms with Crippen LogP contribution in [0.15, 0.2) is 36.5 Å². The van der Waals surface area contributed by atoms with Gasteiger partial charge in [-0.25, -0.2) is 9.97 Å². The quantitative estimate of drug-likeness (QED) is 0.589. The van der Waals surface area contributed by atoms with Crippen LogP contribution in [0.3, 0.4) is 0 Å². The molecule has 0 atom stereocenters. The van der Waals surface area contributed by atoms with E-state index in [9.17, 15) is 13.2 Å². The Hall–Kier alpha value is -2.08. The van der Waals surface area contributed by atoms with E-state index < -0.39 is 11.7 Å². The summed E-state index contributed by atoms with van der Waals surface area (Å²) in [7, 11) is 0. The van der Waals surface area contributed by atoms with Crippen molar-refractivity contribution >= 4 is 22.6 Å². The van der Waals surface area contributed by atoms with Crippen LogP contribution in [-0.4, -0.2) is 14.5 Å². The highest BCUT2D eigenvalue weighted by atomic mass is 35.5. The van der Waals surface area contributed by atoms with Crippen molar-refractivity contribution in [3.8, 4) is 11.4 Å². The summed E-state index contributed by atoms with van der Waals surface area (Å²) in [6.45, 7) is 3.87. The van der Waals surface area contributed by atoms with Gasteiger partial charge in [-0.1, -0.05) is 11.6 Å². The van der Waals surface area contributed by atoms with Crippen molar-refractivity contribution in [2.24, 2.45) is 0 Å². The number of fused-ring (bicyclic) bond motifs is 1. The average molecular weight is 340 g/mol. The molecule has 120 valence electrons. The SMILES string of the molecule is CC(C)n1c(-c2cccnc2Cl)nc2cc(C(F)(F)F)ccc21. The van der Waals surface area contributed by atoms with Crippen LogP contribution < -0.4 is 0 Å². The number of nitrogens with zero attached hydrogens (tertiary/aromatic N) is 3. The van der Waals surface area contributed by atoms with E-state index >= 15 is 0 Å². The number of halogens is 4. The molecule has 0 saturated heterocycles. The Morgan fingerprint density at radius 1 is 1.17 bits per heavy atom. The first-order chi connectivity index (χ1) is 10.8. The van der Waals surface area contributed by atoms with E-state index in [0.29, 0.717) is 16.9 Å². The van der Waals surface area contributed by atoms with Crippen molar-refractivity contribution in [1.82, 2.24) is 14.5 Å². The standard InChI is InChI=1S/C16H13ClF3N3/c1-9(2)23-13-6-5-10(16(18,19)20)8-12(13)22-15(23)11-4-3-7-21-14(11)17/h3-9H,1-2H3. The molecular weight excluding hydrogens is 327 g/mol. The number of rotatable bonds is 2. The predicted molar refractivity (Wildman–Crippen MR) is 83.4 cm³/mol. The minimum absolute atomic E-state index is 0.00279. The Bertz CT molecular complexity index is 869. The van der Waals surface area contributed by atoms with Gasteiger partial charge in [-0.3, -0.25) is 0 Å². The zero-order valence-corrected chi connectivity index (χ0v) is 13.2. The molecule has 0 amide bonds. The first kappa shape index (κ1) is 15.8. The number of aromatic nitrogens is 3. The van der Waals surface area contributed by atoms with Gasteiger partial charge in [-0.15, -0.1) is 0 Å². The molecule has 3 rings (SSSR count). The van der Waals surface area contributed by atoms with Gasteiger partial charge in [0.2, 0.25) is 0 Å². The number of alkyl halides is 3. The molecule has 3 aromatic rings. The van der Waals surface area contributed by atoms with E-state index in [1.54, 1.807) is 18.3 Å². The van der Waals surface area contributed by atoms with Gasteiger partial charge in [0.05, 0.1) is 22.2 Å². The molecule has 0 bridgehead atoms. The Labute approximate surface area is 135 Å². The molecule has 2 aromatic heterocycles. The van der Waals surface area contributed by atoms with Crippen LogP contribution in [0.1, 0.15) is 25.5 Å². The molecule has 0 aliphatic heterocycles. The van der Waals surface area contributed by atoms with Crippen LogP contribution in [0.4, 0.5) is 13.2 Å². The third kappa shape index (κ3) is 2.79. The first-order valence-corrected chi connectivity index (χ1v) is 7.37. The second-order valence-electron chi connectivity index (χ2n) is 5.44. The van der Waals surface area contributed by atoms with Crippen molar-refractivity contribution in [3.05, 3.63) is 47.2 Å². The Morgan fingerprint density at radius 2 is 1.91 bits per heavy atom. The number of imidazole rings is 1. The van der Waals surface area contributed by atoms with Crippen molar-refractivity contribution in [2.45, 2.75) is 26.1 Å². The van der Waals surface area contributed by atoms with E-state index in [4.69, 9.17) is 11.6 Å². The third-order valence-corrected chi connectivity index (χ3v) is 3.83. The average Bonchev–Trinajstić information content (AvgIpc) is 2.85. The largest absolute Gasteiger partial charge is 0.416 e. The van der Waals surface area contributed by atoms with Crippen molar-refractivity contribution in [1.29, 1.82) is 0 Å². The maximum atomic E-state index is 12.9. The van der Waals surface area contributed by atoms with Gasteiger partial charge in [0.25, 0.3) is 0 Å². The number of hydrogen-bond donors (Lipinski definition) is 0. The normalized spacial score (nSPS) is 12.3. The van der Waals surface area contributed by atoms with E-state index in [1.165, 1.54) is 6.07 Å². The lowest BCUT2D eigenvalue weighted by atomic mass is 10.2. The summed E-state index contributed by atoms with van der Waals surface area (Å²) in [5.41, 5.74) is 0.779. The number of benzene rings is 1. The molecule has 0 aliphatic carbocycles. The highest BCUT2D eigenvalue weighted by Gasteiger charge is 2.31. The summed E-state index contributed by atoms with van der Waals surface area (Å²) < 4.78 is 40.6. The van der Waals surface area contributed by atoms with Crippen LogP contribution in [-0.2, 0) is 6.18 Å². The fourth-order valence-electron chi connectivity index (χ4n) is 2.54. The number of pyridine rings is 1. The lowest BCUT2D eigenvalue weighted by Gasteiger charge is -2.14. The topological polar surface area (TPSA) is 30.7 Å². The molecule has 3 nitrogen and oxygen atoms in total. The zero-order chi connectivity index (χ0) is 16.8. The maximum Gasteiger partial charge on any atom is 0.416 e. The molecule has 0 fully saturated rings. The molecule has 0 N–H and O–H groups in total. The van der Waals surface area contributed by atoms with Gasteiger partial charge in [0, 0.05) is 12.2 Å². The van der Waals surface area contributed by atoms with Crippen LogP contribution in [0.25, 0.3) is 22.4 Å². The molecule has 0 unspecified atom stereocenters. The summed E-state index contributed by atoms with van der Waals surface area (Å²) in [6.07, 6.45) is -2.85. The fourth-order valence-corrected chi connectivity index (χ4v) is 2.74. The monoisotopic (exact) mass is 339 g/mol. The van der Waals surface area contributed by atoms with Crippen LogP contribution >= 0.6 is 11.6 Å². The second kappa shape index (κ2) is 5.53. The van der Waals surface area contributed by atoms with Crippen LogP contribution in [0.2, 0.25) is 5.15 Å². The Kier molecular flexibility index (Phi) is 3.80. The molecule has 1 aromatic carbocycles. The first-order valence-electron chi connectivity index (χ1n) is 6.99. The molecule has 7 heteroatoms. The summed E-state index contributed by atoms with van der Waals surface area (Å²) in [4.78, 5) is 8.39. The predicted octanol–water partition coefficient (Wildman–Crippen LogP) is 5.35. The highest BCUT2D eigenvalue weighted by Crippen LogP contribution is 2.35. The Balaban J connectivity index is 2.30. The van der Waals surface area contributed by atoms with Gasteiger partial charge in [0.15, 0.2) is 0 Å². The maximum absolute atomic E-state index is 12.9. The smallest absolute Gasteiger partial charge is 0.321 e. The van der Waals surface area contributed by atoms with Crippen molar-refractivity contribution in [2.75, 3.05) is 0 Å². The summed E-state index contributed by atoms with van der Waals surface area (Å²) in [5, 5.41) is 0.265. The second-order valence-corrected chi connectivity index (χ2v) is 5.80.